The summed E-state index contributed by atoms with van der Waals surface area (Å²) >= 11 is 0. The van der Waals surface area contributed by atoms with Gasteiger partial charge >= 0.3 is 6.18 Å². The van der Waals surface area contributed by atoms with Crippen LogP contribution in [-0.2, 0) is 4.79 Å². The second-order valence-corrected chi connectivity index (χ2v) is 4.29. The number of hydrogen-bond acceptors (Lipinski definition) is 3. The van der Waals surface area contributed by atoms with Gasteiger partial charge in [-0.2, -0.15) is 13.2 Å². The molecule has 0 aromatic carbocycles. The molecule has 4 nitrogen and oxygen atoms in total. The van der Waals surface area contributed by atoms with E-state index in [2.05, 4.69) is 10.6 Å². The highest BCUT2D eigenvalue weighted by molar-refractivity contribution is 5.81. The van der Waals surface area contributed by atoms with E-state index in [4.69, 9.17) is 0 Å². The van der Waals surface area contributed by atoms with Gasteiger partial charge in [-0.25, -0.2) is 0 Å². The van der Waals surface area contributed by atoms with Crippen molar-refractivity contribution in [3.05, 3.63) is 0 Å². The molecule has 0 aromatic heterocycles. The maximum absolute atomic E-state index is 12.0. The van der Waals surface area contributed by atoms with E-state index in [9.17, 15) is 18.0 Å². The minimum Gasteiger partial charge on any atom is -0.353 e. The molecule has 0 spiro atoms. The zero-order chi connectivity index (χ0) is 12.9. The zero-order valence-electron chi connectivity index (χ0n) is 9.81. The largest absolute Gasteiger partial charge is 0.401 e. The van der Waals surface area contributed by atoms with Gasteiger partial charge in [-0.05, 0) is 26.4 Å². The molecule has 1 aliphatic rings. The Kier molecular flexibility index (Phi) is 5.20. The molecule has 17 heavy (non-hydrogen) atoms. The van der Waals surface area contributed by atoms with Crippen LogP contribution in [-0.4, -0.2) is 56.3 Å². The lowest BCUT2D eigenvalue weighted by Crippen LogP contribution is -2.44. The van der Waals surface area contributed by atoms with Crippen LogP contribution in [0.5, 0.6) is 0 Å². The minimum absolute atomic E-state index is 0.122. The van der Waals surface area contributed by atoms with Crippen LogP contribution in [0.2, 0.25) is 0 Å². The molecule has 1 unspecified atom stereocenters. The van der Waals surface area contributed by atoms with Gasteiger partial charge in [0, 0.05) is 13.1 Å². The quantitative estimate of drug-likeness (QED) is 0.743. The van der Waals surface area contributed by atoms with E-state index < -0.39 is 12.7 Å². The minimum atomic E-state index is -4.19. The van der Waals surface area contributed by atoms with E-state index >= 15 is 0 Å². The molecule has 1 amide bonds. The molecule has 1 aliphatic heterocycles. The molecule has 1 atom stereocenters. The normalized spacial score (nSPS) is 20.9. The van der Waals surface area contributed by atoms with Gasteiger partial charge in [0.2, 0.25) is 5.91 Å². The van der Waals surface area contributed by atoms with Crippen LogP contribution in [0.25, 0.3) is 0 Å². The van der Waals surface area contributed by atoms with Crippen molar-refractivity contribution in [1.82, 2.24) is 15.5 Å². The first-order valence-electron chi connectivity index (χ1n) is 5.65. The van der Waals surface area contributed by atoms with Gasteiger partial charge in [0.05, 0.1) is 12.6 Å². The van der Waals surface area contributed by atoms with Crippen LogP contribution < -0.4 is 10.6 Å². The second-order valence-electron chi connectivity index (χ2n) is 4.29. The molecule has 2 N–H and O–H groups in total. The topological polar surface area (TPSA) is 44.4 Å². The lowest BCUT2D eigenvalue weighted by Gasteiger charge is -2.19. The average Bonchev–Trinajstić information content (AvgIpc) is 2.66. The molecule has 0 bridgehead atoms. The van der Waals surface area contributed by atoms with Gasteiger partial charge in [0.25, 0.3) is 0 Å². The van der Waals surface area contributed by atoms with Crippen molar-refractivity contribution in [2.24, 2.45) is 0 Å². The highest BCUT2D eigenvalue weighted by Gasteiger charge is 2.29. The maximum Gasteiger partial charge on any atom is 0.401 e. The van der Waals surface area contributed by atoms with E-state index in [0.29, 0.717) is 0 Å². The first-order valence-corrected chi connectivity index (χ1v) is 5.65. The number of amides is 1. The van der Waals surface area contributed by atoms with Gasteiger partial charge in [-0.3, -0.25) is 9.69 Å². The van der Waals surface area contributed by atoms with E-state index in [1.807, 2.05) is 0 Å². The van der Waals surface area contributed by atoms with Crippen molar-refractivity contribution < 1.29 is 18.0 Å². The van der Waals surface area contributed by atoms with Crippen LogP contribution in [0, 0.1) is 0 Å². The zero-order valence-corrected chi connectivity index (χ0v) is 9.81. The first-order chi connectivity index (χ1) is 7.88. The van der Waals surface area contributed by atoms with Crippen molar-refractivity contribution in [2.75, 3.05) is 33.2 Å². The highest BCUT2D eigenvalue weighted by Crippen LogP contribution is 2.15. The molecule has 7 heteroatoms. The number of rotatable bonds is 5. The van der Waals surface area contributed by atoms with Crippen molar-refractivity contribution in [3.8, 4) is 0 Å². The third-order valence-corrected chi connectivity index (χ3v) is 2.62. The first kappa shape index (κ1) is 14.2. The summed E-state index contributed by atoms with van der Waals surface area (Å²) in [6.07, 6.45) is -2.43. The second kappa shape index (κ2) is 6.20. The molecule has 0 aromatic rings. The number of hydrogen-bond donors (Lipinski definition) is 2. The van der Waals surface area contributed by atoms with Crippen molar-refractivity contribution in [2.45, 2.75) is 25.1 Å². The van der Waals surface area contributed by atoms with Crippen LogP contribution in [0.4, 0.5) is 13.2 Å². The Labute approximate surface area is 98.5 Å². The van der Waals surface area contributed by atoms with Gasteiger partial charge in [-0.15, -0.1) is 0 Å². The summed E-state index contributed by atoms with van der Waals surface area (Å²) in [7, 11) is 1.38. The summed E-state index contributed by atoms with van der Waals surface area (Å²) in [4.78, 5) is 12.6. The molecule has 0 radical (unpaired) electrons. The molecule has 1 saturated heterocycles. The monoisotopic (exact) mass is 253 g/mol. The van der Waals surface area contributed by atoms with Crippen molar-refractivity contribution in [3.63, 3.8) is 0 Å². The van der Waals surface area contributed by atoms with Crippen LogP contribution in [0.3, 0.4) is 0 Å². The molecule has 1 heterocycles. The molecule has 0 saturated carbocycles. The fourth-order valence-corrected chi connectivity index (χ4v) is 1.79. The molecule has 1 fully saturated rings. The fourth-order valence-electron chi connectivity index (χ4n) is 1.79. The smallest absolute Gasteiger partial charge is 0.353 e. The van der Waals surface area contributed by atoms with Gasteiger partial charge < -0.3 is 10.6 Å². The lowest BCUT2D eigenvalue weighted by atomic mass is 10.2. The Morgan fingerprint density at radius 2 is 2.24 bits per heavy atom. The summed E-state index contributed by atoms with van der Waals surface area (Å²) in [5.74, 6) is -0.122. The number of halogens is 3. The van der Waals surface area contributed by atoms with E-state index in [0.717, 1.165) is 24.3 Å². The van der Waals surface area contributed by atoms with E-state index in [1.54, 1.807) is 0 Å². The lowest BCUT2D eigenvalue weighted by molar-refractivity contribution is -0.142. The average molecular weight is 253 g/mol. The summed E-state index contributed by atoms with van der Waals surface area (Å²) in [5.41, 5.74) is 0. The van der Waals surface area contributed by atoms with E-state index in [1.165, 1.54) is 7.05 Å². The maximum atomic E-state index is 12.0. The molecule has 0 aliphatic carbocycles. The number of alkyl halides is 3. The van der Waals surface area contributed by atoms with Gasteiger partial charge in [0.1, 0.15) is 0 Å². The Balaban J connectivity index is 2.12. The number of likely N-dealkylation sites (N-methyl/N-ethyl adjacent to an activating group) is 1. The van der Waals surface area contributed by atoms with Crippen molar-refractivity contribution >= 4 is 5.91 Å². The number of carbonyl (C=O) groups excluding carboxylic acids is 1. The Bertz CT molecular complexity index is 252. The van der Waals surface area contributed by atoms with E-state index in [-0.39, 0.29) is 25.0 Å². The summed E-state index contributed by atoms with van der Waals surface area (Å²) in [5, 5.41) is 5.66. The summed E-state index contributed by atoms with van der Waals surface area (Å²) < 4.78 is 36.0. The number of carbonyl (C=O) groups is 1. The Morgan fingerprint density at radius 1 is 1.53 bits per heavy atom. The third-order valence-electron chi connectivity index (χ3n) is 2.62. The Morgan fingerprint density at radius 3 is 2.76 bits per heavy atom. The molecule has 1 rings (SSSR count). The third kappa shape index (κ3) is 5.88. The Hall–Kier alpha value is -0.820. The number of nitrogens with one attached hydrogen (secondary N) is 2. The summed E-state index contributed by atoms with van der Waals surface area (Å²) in [6, 6.07) is -0.178. The van der Waals surface area contributed by atoms with Crippen LogP contribution in [0.1, 0.15) is 12.8 Å². The molecule has 100 valence electrons. The predicted molar refractivity (Wildman–Crippen MR) is 57.6 cm³/mol. The fraction of sp³-hybridized carbons (Fsp3) is 0.900. The van der Waals surface area contributed by atoms with Gasteiger partial charge in [-0.1, -0.05) is 0 Å². The van der Waals surface area contributed by atoms with Crippen LogP contribution >= 0.6 is 0 Å². The predicted octanol–water partition coefficient (Wildman–Crippen LogP) is 0.349. The summed E-state index contributed by atoms with van der Waals surface area (Å²) in [6.45, 7) is 0.304. The highest BCUT2D eigenvalue weighted by atomic mass is 19.4. The SMILES string of the molecule is CN(CCNC(=O)C1CCCN1)CC(F)(F)F. The van der Waals surface area contributed by atoms with Gasteiger partial charge in [0.15, 0.2) is 0 Å². The molecular formula is C10H18F3N3O. The van der Waals surface area contributed by atoms with Crippen LogP contribution in [0.15, 0.2) is 0 Å². The molecular weight excluding hydrogens is 235 g/mol. The van der Waals surface area contributed by atoms with Crippen molar-refractivity contribution in [1.29, 1.82) is 0 Å². The standard InChI is InChI=1S/C10H18F3N3O/c1-16(7-10(11,12)13)6-5-15-9(17)8-3-2-4-14-8/h8,14H,2-7H2,1H3,(H,15,17). The number of nitrogens with zero attached hydrogens (tertiary/aromatic N) is 1.